The van der Waals surface area contributed by atoms with Crippen molar-refractivity contribution in [2.24, 2.45) is 0 Å². The molecule has 2 rings (SSSR count). The lowest BCUT2D eigenvalue weighted by atomic mass is 10.3. The van der Waals surface area contributed by atoms with Crippen molar-refractivity contribution in [3.63, 3.8) is 0 Å². The van der Waals surface area contributed by atoms with Gasteiger partial charge in [-0.2, -0.15) is 0 Å². The van der Waals surface area contributed by atoms with E-state index in [-0.39, 0.29) is 24.3 Å². The van der Waals surface area contributed by atoms with E-state index in [0.29, 0.717) is 10.8 Å². The number of nitrogens with one attached hydrogen (secondary N) is 1. The molecule has 0 aliphatic carbocycles. The number of hydrogen-bond acceptors (Lipinski definition) is 5. The van der Waals surface area contributed by atoms with E-state index < -0.39 is 0 Å². The van der Waals surface area contributed by atoms with E-state index in [4.69, 9.17) is 9.52 Å². The average molecular weight is 266 g/mol. The molecule has 0 spiro atoms. The van der Waals surface area contributed by atoms with Gasteiger partial charge in [0.25, 0.3) is 5.22 Å². The molecule has 1 amide bonds. The summed E-state index contributed by atoms with van der Waals surface area (Å²) in [6, 6.07) is 7.21. The molecule has 0 fully saturated rings. The first-order valence-corrected chi connectivity index (χ1v) is 6.56. The second-order valence-electron chi connectivity index (χ2n) is 3.89. The molecule has 5 nitrogen and oxygen atoms in total. The van der Waals surface area contributed by atoms with E-state index in [0.717, 1.165) is 5.52 Å². The Bertz CT molecular complexity index is 508. The number of rotatable bonds is 5. The topological polar surface area (TPSA) is 75.4 Å². The van der Waals surface area contributed by atoms with E-state index in [1.54, 1.807) is 6.92 Å². The minimum atomic E-state index is -0.235. The zero-order valence-electron chi connectivity index (χ0n) is 9.92. The van der Waals surface area contributed by atoms with E-state index in [1.165, 1.54) is 11.8 Å². The van der Waals surface area contributed by atoms with Crippen LogP contribution in [0.15, 0.2) is 33.9 Å². The van der Waals surface area contributed by atoms with Gasteiger partial charge in [-0.05, 0) is 19.1 Å². The Labute approximate surface area is 109 Å². The third-order valence-electron chi connectivity index (χ3n) is 2.28. The quantitative estimate of drug-likeness (QED) is 0.800. The zero-order valence-corrected chi connectivity index (χ0v) is 10.7. The van der Waals surface area contributed by atoms with Gasteiger partial charge in [0.05, 0.1) is 12.4 Å². The Balaban J connectivity index is 1.92. The summed E-state index contributed by atoms with van der Waals surface area (Å²) in [6.45, 7) is 1.67. The summed E-state index contributed by atoms with van der Waals surface area (Å²) in [5.41, 5.74) is 1.49. The Morgan fingerprint density at radius 2 is 2.33 bits per heavy atom. The molecule has 2 aromatic rings. The van der Waals surface area contributed by atoms with Crippen molar-refractivity contribution < 1.29 is 14.3 Å². The van der Waals surface area contributed by atoms with Crippen LogP contribution in [0.3, 0.4) is 0 Å². The predicted molar refractivity (Wildman–Crippen MR) is 69.4 cm³/mol. The largest absolute Gasteiger partial charge is 0.431 e. The van der Waals surface area contributed by atoms with Crippen LogP contribution in [0.4, 0.5) is 0 Å². The van der Waals surface area contributed by atoms with Crippen LogP contribution in [0.5, 0.6) is 0 Å². The van der Waals surface area contributed by atoms with Crippen LogP contribution in [-0.2, 0) is 4.79 Å². The number of fused-ring (bicyclic) bond motifs is 1. The molecule has 2 N–H and O–H groups in total. The van der Waals surface area contributed by atoms with Crippen LogP contribution < -0.4 is 5.32 Å². The van der Waals surface area contributed by atoms with Crippen molar-refractivity contribution in [1.29, 1.82) is 0 Å². The number of nitrogens with zero attached hydrogens (tertiary/aromatic N) is 1. The second-order valence-corrected chi connectivity index (χ2v) is 4.81. The molecule has 0 aliphatic rings. The summed E-state index contributed by atoms with van der Waals surface area (Å²) in [5, 5.41) is 11.9. The average Bonchev–Trinajstić information content (AvgIpc) is 2.79. The number of carbonyl (C=O) groups excluding carboxylic acids is 1. The van der Waals surface area contributed by atoms with Gasteiger partial charge in [-0.3, -0.25) is 4.79 Å². The maximum absolute atomic E-state index is 11.5. The first-order chi connectivity index (χ1) is 8.69. The highest BCUT2D eigenvalue weighted by Crippen LogP contribution is 2.22. The summed E-state index contributed by atoms with van der Waals surface area (Å²) < 4.78 is 5.47. The predicted octanol–water partition coefficient (Wildman–Crippen LogP) is 1.42. The Morgan fingerprint density at radius 1 is 1.56 bits per heavy atom. The van der Waals surface area contributed by atoms with E-state index in [1.807, 2.05) is 24.3 Å². The molecule has 0 saturated heterocycles. The highest BCUT2D eigenvalue weighted by molar-refractivity contribution is 7.99. The Hall–Kier alpha value is -1.53. The maximum Gasteiger partial charge on any atom is 0.257 e. The van der Waals surface area contributed by atoms with Gasteiger partial charge in [0.15, 0.2) is 5.58 Å². The molecule has 0 radical (unpaired) electrons. The molecule has 1 heterocycles. The number of aliphatic hydroxyl groups is 1. The summed E-state index contributed by atoms with van der Waals surface area (Å²) in [6.07, 6.45) is 0. The number of aromatic nitrogens is 1. The van der Waals surface area contributed by atoms with E-state index in [9.17, 15) is 4.79 Å². The van der Waals surface area contributed by atoms with E-state index >= 15 is 0 Å². The molecule has 96 valence electrons. The molecular weight excluding hydrogens is 252 g/mol. The Morgan fingerprint density at radius 3 is 3.06 bits per heavy atom. The van der Waals surface area contributed by atoms with Crippen LogP contribution in [0.1, 0.15) is 6.92 Å². The lowest BCUT2D eigenvalue weighted by Gasteiger charge is -2.09. The minimum Gasteiger partial charge on any atom is -0.431 e. The first kappa shape index (κ1) is 12.9. The number of hydrogen-bond donors (Lipinski definition) is 2. The number of carbonyl (C=O) groups is 1. The third kappa shape index (κ3) is 3.24. The number of oxazole rings is 1. The van der Waals surface area contributed by atoms with Crippen molar-refractivity contribution >= 4 is 28.8 Å². The lowest BCUT2D eigenvalue weighted by molar-refractivity contribution is -0.119. The fourth-order valence-electron chi connectivity index (χ4n) is 1.40. The van der Waals surface area contributed by atoms with Gasteiger partial charge >= 0.3 is 0 Å². The molecule has 0 saturated carbocycles. The fourth-order valence-corrected chi connectivity index (χ4v) is 2.05. The highest BCUT2D eigenvalue weighted by Gasteiger charge is 2.10. The SMILES string of the molecule is CC(CO)NC(=O)CSc1nc2ccccc2o1. The standard InChI is InChI=1S/C12H14N2O3S/c1-8(6-15)13-11(16)7-18-12-14-9-4-2-3-5-10(9)17-12/h2-5,8,15H,6-7H2,1H3,(H,13,16). The molecule has 1 aromatic heterocycles. The van der Waals surface area contributed by atoms with Gasteiger partial charge in [-0.25, -0.2) is 4.98 Å². The molecule has 0 aliphatic heterocycles. The van der Waals surface area contributed by atoms with Crippen LogP contribution in [0.2, 0.25) is 0 Å². The fraction of sp³-hybridized carbons (Fsp3) is 0.333. The summed E-state index contributed by atoms with van der Waals surface area (Å²) in [7, 11) is 0. The third-order valence-corrected chi connectivity index (χ3v) is 3.11. The van der Waals surface area contributed by atoms with Crippen LogP contribution >= 0.6 is 11.8 Å². The normalized spacial score (nSPS) is 12.6. The zero-order chi connectivity index (χ0) is 13.0. The Kier molecular flexibility index (Phi) is 4.22. The summed E-state index contributed by atoms with van der Waals surface area (Å²) in [4.78, 5) is 15.7. The monoisotopic (exact) mass is 266 g/mol. The summed E-state index contributed by atoms with van der Waals surface area (Å²) in [5.74, 6) is 0.0702. The molecule has 6 heteroatoms. The summed E-state index contributed by atoms with van der Waals surface area (Å²) >= 11 is 1.24. The van der Waals surface area contributed by atoms with Crippen molar-refractivity contribution in [2.75, 3.05) is 12.4 Å². The van der Waals surface area contributed by atoms with Gasteiger partial charge in [0.2, 0.25) is 5.91 Å². The molecule has 1 aromatic carbocycles. The van der Waals surface area contributed by atoms with Crippen molar-refractivity contribution in [3.8, 4) is 0 Å². The lowest BCUT2D eigenvalue weighted by Crippen LogP contribution is -2.36. The minimum absolute atomic E-state index is 0.0701. The van der Waals surface area contributed by atoms with Crippen LogP contribution in [0, 0.1) is 0 Å². The smallest absolute Gasteiger partial charge is 0.257 e. The van der Waals surface area contributed by atoms with Crippen LogP contribution in [-0.4, -0.2) is 34.4 Å². The maximum atomic E-state index is 11.5. The molecule has 0 bridgehead atoms. The second kappa shape index (κ2) is 5.88. The molecular formula is C12H14N2O3S. The van der Waals surface area contributed by atoms with Crippen molar-refractivity contribution in [2.45, 2.75) is 18.2 Å². The number of benzene rings is 1. The van der Waals surface area contributed by atoms with Crippen molar-refractivity contribution in [1.82, 2.24) is 10.3 Å². The highest BCUT2D eigenvalue weighted by atomic mass is 32.2. The molecule has 1 atom stereocenters. The number of para-hydroxylation sites is 2. The van der Waals surface area contributed by atoms with Gasteiger partial charge in [0, 0.05) is 6.04 Å². The van der Waals surface area contributed by atoms with Gasteiger partial charge < -0.3 is 14.8 Å². The van der Waals surface area contributed by atoms with E-state index in [2.05, 4.69) is 10.3 Å². The number of aliphatic hydroxyl groups excluding tert-OH is 1. The van der Waals surface area contributed by atoms with Gasteiger partial charge in [-0.1, -0.05) is 23.9 Å². The van der Waals surface area contributed by atoms with Crippen molar-refractivity contribution in [3.05, 3.63) is 24.3 Å². The molecule has 18 heavy (non-hydrogen) atoms. The molecule has 1 unspecified atom stereocenters. The van der Waals surface area contributed by atoms with Crippen LogP contribution in [0.25, 0.3) is 11.1 Å². The van der Waals surface area contributed by atoms with Gasteiger partial charge in [-0.15, -0.1) is 0 Å². The number of amides is 1. The first-order valence-electron chi connectivity index (χ1n) is 5.57. The van der Waals surface area contributed by atoms with Gasteiger partial charge in [0.1, 0.15) is 5.52 Å². The number of thioether (sulfide) groups is 1.